The topological polar surface area (TPSA) is 102 Å². The quantitative estimate of drug-likeness (QED) is 0.604. The van der Waals surface area contributed by atoms with Crippen LogP contribution in [0, 0.1) is 11.8 Å². The van der Waals surface area contributed by atoms with Crippen LogP contribution in [0.3, 0.4) is 0 Å². The van der Waals surface area contributed by atoms with Crippen LogP contribution >= 0.6 is 0 Å². The van der Waals surface area contributed by atoms with Gasteiger partial charge in [-0.1, -0.05) is 27.7 Å². The monoisotopic (exact) mass is 360 g/mol. The molecule has 1 fully saturated rings. The van der Waals surface area contributed by atoms with Gasteiger partial charge in [-0.3, -0.25) is 9.59 Å². The van der Waals surface area contributed by atoms with Gasteiger partial charge in [0.05, 0.1) is 24.9 Å². The average molecular weight is 360 g/mol. The Labute approximate surface area is 149 Å². The lowest BCUT2D eigenvalue weighted by atomic mass is 10.00. The first-order valence-electron chi connectivity index (χ1n) is 9.26. The Hall–Kier alpha value is -1.18. The molecular weight excluding hydrogens is 328 g/mol. The average Bonchev–Trinajstić information content (AvgIpc) is 2.59. The molecule has 4 unspecified atom stereocenters. The highest BCUT2D eigenvalue weighted by Gasteiger charge is 2.42. The number of carbonyl (C=O) groups is 2. The number of carbonyl (C=O) groups excluding carboxylic acids is 2. The van der Waals surface area contributed by atoms with Crippen LogP contribution in [-0.4, -0.2) is 53.4 Å². The van der Waals surface area contributed by atoms with E-state index in [0.29, 0.717) is 25.7 Å². The van der Waals surface area contributed by atoms with Gasteiger partial charge in [-0.2, -0.15) is 0 Å². The Morgan fingerprint density at radius 1 is 1.00 bits per heavy atom. The van der Waals surface area contributed by atoms with E-state index in [1.165, 1.54) is 0 Å². The minimum Gasteiger partial charge on any atom is -0.459 e. The molecule has 0 radical (unpaired) electrons. The second-order valence-electron chi connectivity index (χ2n) is 6.45. The van der Waals surface area contributed by atoms with Crippen molar-refractivity contribution in [2.75, 3.05) is 6.61 Å². The third kappa shape index (κ3) is 5.94. The molecular formula is C18H32O7. The summed E-state index contributed by atoms with van der Waals surface area (Å²) in [5.74, 6) is -1.24. The van der Waals surface area contributed by atoms with E-state index in [4.69, 9.17) is 14.2 Å². The Morgan fingerprint density at radius 2 is 1.48 bits per heavy atom. The van der Waals surface area contributed by atoms with Gasteiger partial charge in [0.25, 0.3) is 0 Å². The Bertz CT molecular complexity index is 418. The van der Waals surface area contributed by atoms with Crippen molar-refractivity contribution in [2.45, 2.75) is 84.4 Å². The van der Waals surface area contributed by atoms with Crippen molar-refractivity contribution in [3.8, 4) is 0 Å². The standard InChI is InChI=1S/C18H32O7/c1-5-11(6-2)17(21)24-13-9-15(23-14(10-19)16(13)20)25-18(22)12(7-3)8-4/h11-16,19-20H,5-10H2,1-4H3. The summed E-state index contributed by atoms with van der Waals surface area (Å²) in [5, 5.41) is 19.7. The maximum atomic E-state index is 12.2. The van der Waals surface area contributed by atoms with Gasteiger partial charge in [-0.15, -0.1) is 0 Å². The highest BCUT2D eigenvalue weighted by atomic mass is 16.7. The fraction of sp³-hybridized carbons (Fsp3) is 0.889. The highest BCUT2D eigenvalue weighted by Crippen LogP contribution is 2.26. The summed E-state index contributed by atoms with van der Waals surface area (Å²) in [5.41, 5.74) is 0. The van der Waals surface area contributed by atoms with Crippen LogP contribution in [0.25, 0.3) is 0 Å². The molecule has 7 heteroatoms. The number of aliphatic hydroxyl groups is 2. The molecule has 2 N–H and O–H groups in total. The molecule has 1 aliphatic heterocycles. The van der Waals surface area contributed by atoms with E-state index in [1.54, 1.807) is 0 Å². The van der Waals surface area contributed by atoms with Crippen molar-refractivity contribution in [3.63, 3.8) is 0 Å². The fourth-order valence-corrected chi connectivity index (χ4v) is 2.96. The lowest BCUT2D eigenvalue weighted by Crippen LogP contribution is -2.53. The molecule has 7 nitrogen and oxygen atoms in total. The second kappa shape index (κ2) is 10.7. The zero-order chi connectivity index (χ0) is 19.0. The van der Waals surface area contributed by atoms with E-state index >= 15 is 0 Å². The van der Waals surface area contributed by atoms with Gasteiger partial charge in [0.2, 0.25) is 6.29 Å². The molecule has 0 saturated carbocycles. The molecule has 25 heavy (non-hydrogen) atoms. The minimum absolute atomic E-state index is 0.0510. The lowest BCUT2D eigenvalue weighted by molar-refractivity contribution is -0.257. The van der Waals surface area contributed by atoms with Crippen LogP contribution in [0.15, 0.2) is 0 Å². The van der Waals surface area contributed by atoms with E-state index < -0.39 is 37.2 Å². The number of rotatable bonds is 9. The van der Waals surface area contributed by atoms with E-state index in [9.17, 15) is 19.8 Å². The first kappa shape index (κ1) is 21.9. The van der Waals surface area contributed by atoms with Crippen LogP contribution in [0.1, 0.15) is 59.8 Å². The Kier molecular flexibility index (Phi) is 9.38. The summed E-state index contributed by atoms with van der Waals surface area (Å²) < 4.78 is 16.2. The van der Waals surface area contributed by atoms with Crippen LogP contribution in [0.2, 0.25) is 0 Å². The van der Waals surface area contributed by atoms with E-state index in [2.05, 4.69) is 0 Å². The van der Waals surface area contributed by atoms with Crippen molar-refractivity contribution in [2.24, 2.45) is 11.8 Å². The largest absolute Gasteiger partial charge is 0.459 e. The maximum Gasteiger partial charge on any atom is 0.311 e. The molecule has 0 aromatic carbocycles. The Balaban J connectivity index is 2.77. The van der Waals surface area contributed by atoms with Crippen molar-refractivity contribution < 1.29 is 34.0 Å². The minimum atomic E-state index is -1.16. The van der Waals surface area contributed by atoms with Crippen molar-refractivity contribution >= 4 is 11.9 Å². The van der Waals surface area contributed by atoms with Crippen LogP contribution in [-0.2, 0) is 23.8 Å². The summed E-state index contributed by atoms with van der Waals surface area (Å²) in [6, 6.07) is 0. The maximum absolute atomic E-state index is 12.2. The van der Waals surface area contributed by atoms with Crippen LogP contribution in [0.4, 0.5) is 0 Å². The van der Waals surface area contributed by atoms with Crippen LogP contribution in [0.5, 0.6) is 0 Å². The third-order valence-corrected chi connectivity index (χ3v) is 4.85. The number of esters is 2. The van der Waals surface area contributed by atoms with Gasteiger partial charge < -0.3 is 24.4 Å². The molecule has 0 amide bonds. The van der Waals surface area contributed by atoms with Gasteiger partial charge in [-0.05, 0) is 25.7 Å². The van der Waals surface area contributed by atoms with E-state index in [1.807, 2.05) is 27.7 Å². The van der Waals surface area contributed by atoms with Crippen LogP contribution < -0.4 is 0 Å². The first-order valence-corrected chi connectivity index (χ1v) is 9.26. The third-order valence-electron chi connectivity index (χ3n) is 4.85. The predicted molar refractivity (Wildman–Crippen MR) is 90.5 cm³/mol. The summed E-state index contributed by atoms with van der Waals surface area (Å²) in [6.07, 6.45) is -1.31. The molecule has 1 heterocycles. The van der Waals surface area contributed by atoms with E-state index in [-0.39, 0.29) is 24.2 Å². The molecule has 0 bridgehead atoms. The normalized spacial score (nSPS) is 26.7. The number of aliphatic hydroxyl groups excluding tert-OH is 2. The number of hydrogen-bond acceptors (Lipinski definition) is 7. The molecule has 0 aromatic heterocycles. The van der Waals surface area contributed by atoms with Gasteiger partial charge >= 0.3 is 11.9 Å². The number of hydrogen-bond donors (Lipinski definition) is 2. The smallest absolute Gasteiger partial charge is 0.311 e. The molecule has 1 rings (SSSR count). The SMILES string of the molecule is CCC(CC)C(=O)OC1CC(OC(=O)C(CC)CC)C(O)C(CO)O1. The molecule has 0 aromatic rings. The molecule has 0 aliphatic carbocycles. The Morgan fingerprint density at radius 3 is 1.92 bits per heavy atom. The summed E-state index contributed by atoms with van der Waals surface area (Å²) in [4.78, 5) is 24.3. The zero-order valence-electron chi connectivity index (χ0n) is 15.6. The molecule has 1 aliphatic rings. The number of ether oxygens (including phenoxy) is 3. The van der Waals surface area contributed by atoms with Crippen molar-refractivity contribution in [1.29, 1.82) is 0 Å². The van der Waals surface area contributed by atoms with Gasteiger partial charge in [0.15, 0.2) is 0 Å². The van der Waals surface area contributed by atoms with Gasteiger partial charge in [-0.25, -0.2) is 0 Å². The first-order chi connectivity index (χ1) is 11.9. The summed E-state index contributed by atoms with van der Waals surface area (Å²) >= 11 is 0. The van der Waals surface area contributed by atoms with Crippen molar-refractivity contribution in [1.82, 2.24) is 0 Å². The van der Waals surface area contributed by atoms with Crippen molar-refractivity contribution in [3.05, 3.63) is 0 Å². The van der Waals surface area contributed by atoms with Gasteiger partial charge in [0.1, 0.15) is 18.3 Å². The molecule has 1 saturated heterocycles. The van der Waals surface area contributed by atoms with E-state index in [0.717, 1.165) is 0 Å². The highest BCUT2D eigenvalue weighted by molar-refractivity contribution is 5.73. The van der Waals surface area contributed by atoms with Gasteiger partial charge in [0, 0.05) is 0 Å². The summed E-state index contributed by atoms with van der Waals surface area (Å²) in [6.45, 7) is 7.13. The fourth-order valence-electron chi connectivity index (χ4n) is 2.96. The molecule has 0 spiro atoms. The lowest BCUT2D eigenvalue weighted by Gasteiger charge is -2.38. The molecule has 146 valence electrons. The molecule has 4 atom stereocenters. The predicted octanol–water partition coefficient (Wildman–Crippen LogP) is 1.78. The second-order valence-corrected chi connectivity index (χ2v) is 6.45. The summed E-state index contributed by atoms with van der Waals surface area (Å²) in [7, 11) is 0. The zero-order valence-corrected chi connectivity index (χ0v) is 15.6.